The number of nitrogens with one attached hydrogen (secondary N) is 1. The van der Waals surface area contributed by atoms with Crippen LogP contribution in [0.4, 0.5) is 0 Å². The number of likely N-dealkylation sites (tertiary alicyclic amines) is 1. The number of rotatable bonds is 7. The van der Waals surface area contributed by atoms with E-state index in [0.29, 0.717) is 12.0 Å². The molecule has 1 aliphatic rings. The molecule has 23 heavy (non-hydrogen) atoms. The fourth-order valence-corrected chi connectivity index (χ4v) is 3.26. The second-order valence-electron chi connectivity index (χ2n) is 6.87. The molecule has 1 saturated heterocycles. The second kappa shape index (κ2) is 8.46. The molecule has 0 bridgehead atoms. The van der Waals surface area contributed by atoms with Crippen LogP contribution in [0.2, 0.25) is 0 Å². The van der Waals surface area contributed by atoms with Crippen molar-refractivity contribution in [3.05, 3.63) is 35.9 Å². The lowest BCUT2D eigenvalue weighted by Gasteiger charge is -2.27. The molecule has 2 rings (SSSR count). The van der Waals surface area contributed by atoms with Gasteiger partial charge in [-0.15, -0.1) is 0 Å². The molecular weight excluding hydrogens is 286 g/mol. The van der Waals surface area contributed by atoms with Gasteiger partial charge in [-0.1, -0.05) is 37.3 Å². The minimum absolute atomic E-state index is 0.114. The Morgan fingerprint density at radius 1 is 1.35 bits per heavy atom. The topological polar surface area (TPSA) is 35.6 Å². The molecule has 0 unspecified atom stereocenters. The molecule has 4 nitrogen and oxygen atoms in total. The van der Waals surface area contributed by atoms with Gasteiger partial charge in [0.2, 0.25) is 5.91 Å². The molecule has 1 fully saturated rings. The minimum atomic E-state index is -0.205. The van der Waals surface area contributed by atoms with Crippen LogP contribution in [0.1, 0.15) is 38.8 Å². The largest absolute Gasteiger partial charge is 0.354 e. The first kappa shape index (κ1) is 18.0. The molecule has 1 amide bonds. The summed E-state index contributed by atoms with van der Waals surface area (Å²) in [4.78, 5) is 17.3. The van der Waals surface area contributed by atoms with Gasteiger partial charge in [-0.2, -0.15) is 0 Å². The zero-order chi connectivity index (χ0) is 16.8. The van der Waals surface area contributed by atoms with Crippen LogP contribution >= 0.6 is 0 Å². The summed E-state index contributed by atoms with van der Waals surface area (Å²) in [6.07, 6.45) is 1.18. The second-order valence-corrected chi connectivity index (χ2v) is 6.87. The molecule has 1 N–H and O–H groups in total. The molecule has 2 atom stereocenters. The molecule has 4 heteroatoms. The van der Waals surface area contributed by atoms with Crippen molar-refractivity contribution in [1.29, 1.82) is 0 Å². The highest BCUT2D eigenvalue weighted by Gasteiger charge is 2.27. The molecule has 0 radical (unpaired) electrons. The van der Waals surface area contributed by atoms with Gasteiger partial charge in [-0.25, -0.2) is 0 Å². The van der Waals surface area contributed by atoms with E-state index in [2.05, 4.69) is 35.9 Å². The van der Waals surface area contributed by atoms with Gasteiger partial charge < -0.3 is 10.2 Å². The summed E-state index contributed by atoms with van der Waals surface area (Å²) in [6, 6.07) is 10.4. The highest BCUT2D eigenvalue weighted by molar-refractivity contribution is 5.83. The average molecular weight is 317 g/mol. The minimum Gasteiger partial charge on any atom is -0.354 e. The maximum absolute atomic E-state index is 12.7. The Morgan fingerprint density at radius 2 is 2.04 bits per heavy atom. The van der Waals surface area contributed by atoms with Gasteiger partial charge in [0.1, 0.15) is 6.04 Å². The van der Waals surface area contributed by atoms with E-state index in [1.54, 1.807) is 0 Å². The predicted octanol–water partition coefficient (Wildman–Crippen LogP) is 2.53. The Bertz CT molecular complexity index is 489. The standard InChI is InChI=1S/C19H31N3O/c1-5-21(4)18(17-9-7-6-8-10-17)19(23)20-13-16-11-12-22(14-16)15(2)3/h6-10,15-16,18H,5,11-14H2,1-4H3,(H,20,23)/t16-,18+/m0/s1. The third kappa shape index (κ3) is 4.79. The number of hydrogen-bond acceptors (Lipinski definition) is 3. The highest BCUT2D eigenvalue weighted by Crippen LogP contribution is 2.21. The van der Waals surface area contributed by atoms with Crippen LogP contribution in [-0.4, -0.2) is 55.0 Å². The summed E-state index contributed by atoms with van der Waals surface area (Å²) in [6.45, 7) is 10.4. The summed E-state index contributed by atoms with van der Waals surface area (Å²) < 4.78 is 0. The van der Waals surface area contributed by atoms with Crippen molar-refractivity contribution in [2.45, 2.75) is 39.3 Å². The molecule has 128 valence electrons. The van der Waals surface area contributed by atoms with Gasteiger partial charge in [0.05, 0.1) is 0 Å². The van der Waals surface area contributed by atoms with Crippen molar-refractivity contribution >= 4 is 5.91 Å². The van der Waals surface area contributed by atoms with Crippen LogP contribution in [0.25, 0.3) is 0 Å². The number of nitrogens with zero attached hydrogens (tertiary/aromatic N) is 2. The molecular formula is C19H31N3O. The van der Waals surface area contributed by atoms with E-state index < -0.39 is 0 Å². The highest BCUT2D eigenvalue weighted by atomic mass is 16.2. The van der Waals surface area contributed by atoms with Gasteiger partial charge >= 0.3 is 0 Å². The summed E-state index contributed by atoms with van der Waals surface area (Å²) >= 11 is 0. The fraction of sp³-hybridized carbons (Fsp3) is 0.632. The maximum Gasteiger partial charge on any atom is 0.241 e. The lowest BCUT2D eigenvalue weighted by atomic mass is 10.0. The molecule has 0 aliphatic carbocycles. The zero-order valence-electron chi connectivity index (χ0n) is 15.0. The van der Waals surface area contributed by atoms with Crippen molar-refractivity contribution in [3.63, 3.8) is 0 Å². The number of likely N-dealkylation sites (N-methyl/N-ethyl adjacent to an activating group) is 1. The van der Waals surface area contributed by atoms with Crippen LogP contribution in [0.5, 0.6) is 0 Å². The maximum atomic E-state index is 12.7. The lowest BCUT2D eigenvalue weighted by Crippen LogP contribution is -2.41. The summed E-state index contributed by atoms with van der Waals surface area (Å²) in [5.74, 6) is 0.688. The summed E-state index contributed by atoms with van der Waals surface area (Å²) in [7, 11) is 2.01. The number of benzene rings is 1. The van der Waals surface area contributed by atoms with Crippen LogP contribution in [0, 0.1) is 5.92 Å². The molecule has 1 aromatic carbocycles. The predicted molar refractivity (Wildman–Crippen MR) is 95.3 cm³/mol. The Morgan fingerprint density at radius 3 is 2.61 bits per heavy atom. The number of carbonyl (C=O) groups is 1. The number of amides is 1. The quantitative estimate of drug-likeness (QED) is 0.839. The Hall–Kier alpha value is -1.39. The van der Waals surface area contributed by atoms with E-state index >= 15 is 0 Å². The fourth-order valence-electron chi connectivity index (χ4n) is 3.26. The van der Waals surface area contributed by atoms with Gasteiger partial charge in [-0.3, -0.25) is 9.69 Å². The van der Waals surface area contributed by atoms with Crippen molar-refractivity contribution < 1.29 is 4.79 Å². The van der Waals surface area contributed by atoms with Crippen molar-refractivity contribution in [1.82, 2.24) is 15.1 Å². The van der Waals surface area contributed by atoms with E-state index in [1.165, 1.54) is 6.42 Å². The van der Waals surface area contributed by atoms with Gasteiger partial charge in [0.25, 0.3) is 0 Å². The van der Waals surface area contributed by atoms with Gasteiger partial charge in [0, 0.05) is 19.1 Å². The van der Waals surface area contributed by atoms with Gasteiger partial charge in [0.15, 0.2) is 0 Å². The van der Waals surface area contributed by atoms with Crippen molar-refractivity contribution in [2.24, 2.45) is 5.92 Å². The van der Waals surface area contributed by atoms with E-state index in [4.69, 9.17) is 0 Å². The monoisotopic (exact) mass is 317 g/mol. The van der Waals surface area contributed by atoms with Gasteiger partial charge in [-0.05, 0) is 51.9 Å². The van der Waals surface area contributed by atoms with Crippen LogP contribution in [-0.2, 0) is 4.79 Å². The van der Waals surface area contributed by atoms with E-state index in [1.807, 2.05) is 37.4 Å². The van der Waals surface area contributed by atoms with Crippen LogP contribution < -0.4 is 5.32 Å². The molecule has 0 spiro atoms. The first-order valence-corrected chi connectivity index (χ1v) is 8.79. The number of hydrogen-bond donors (Lipinski definition) is 1. The smallest absolute Gasteiger partial charge is 0.241 e. The Kier molecular flexibility index (Phi) is 6.60. The Labute approximate surface area is 140 Å². The van der Waals surface area contributed by atoms with E-state index in [-0.39, 0.29) is 11.9 Å². The van der Waals surface area contributed by atoms with E-state index in [0.717, 1.165) is 31.7 Å². The average Bonchev–Trinajstić information content (AvgIpc) is 3.03. The van der Waals surface area contributed by atoms with Crippen molar-refractivity contribution in [3.8, 4) is 0 Å². The van der Waals surface area contributed by atoms with Crippen LogP contribution in [0.15, 0.2) is 30.3 Å². The summed E-state index contributed by atoms with van der Waals surface area (Å²) in [5, 5.41) is 3.19. The molecule has 1 aromatic rings. The zero-order valence-corrected chi connectivity index (χ0v) is 15.0. The lowest BCUT2D eigenvalue weighted by molar-refractivity contribution is -0.126. The molecule has 1 heterocycles. The molecule has 0 saturated carbocycles. The van der Waals surface area contributed by atoms with Crippen LogP contribution in [0.3, 0.4) is 0 Å². The SMILES string of the molecule is CCN(C)[C@@H](C(=O)NC[C@@H]1CCN(C(C)C)C1)c1ccccc1. The third-order valence-corrected chi connectivity index (χ3v) is 4.92. The van der Waals surface area contributed by atoms with E-state index in [9.17, 15) is 4.79 Å². The normalized spacial score (nSPS) is 20.2. The van der Waals surface area contributed by atoms with Crippen molar-refractivity contribution in [2.75, 3.05) is 33.2 Å². The number of carbonyl (C=O) groups excluding carboxylic acids is 1. The first-order chi connectivity index (χ1) is 11.0. The Balaban J connectivity index is 1.94. The molecule has 0 aromatic heterocycles. The first-order valence-electron chi connectivity index (χ1n) is 8.79. The third-order valence-electron chi connectivity index (χ3n) is 4.92. The summed E-state index contributed by atoms with van der Waals surface area (Å²) in [5.41, 5.74) is 1.06. The molecule has 1 aliphatic heterocycles.